The fourth-order valence-corrected chi connectivity index (χ4v) is 4.61. The summed E-state index contributed by atoms with van der Waals surface area (Å²) < 4.78 is 4.60. The van der Waals surface area contributed by atoms with Crippen molar-refractivity contribution >= 4 is 41.1 Å². The smallest absolute Gasteiger partial charge is 0.411 e. The van der Waals surface area contributed by atoms with Crippen molar-refractivity contribution in [2.45, 2.75) is 57.4 Å². The van der Waals surface area contributed by atoms with Crippen LogP contribution in [0.25, 0.3) is 0 Å². The first-order valence-electron chi connectivity index (χ1n) is 12.7. The zero-order valence-electron chi connectivity index (χ0n) is 21.2. The van der Waals surface area contributed by atoms with Crippen molar-refractivity contribution < 1.29 is 23.9 Å². The number of amides is 4. The van der Waals surface area contributed by atoms with Gasteiger partial charge in [0.2, 0.25) is 11.8 Å². The van der Waals surface area contributed by atoms with E-state index in [-0.39, 0.29) is 35.4 Å². The van der Waals surface area contributed by atoms with Gasteiger partial charge in [-0.15, -0.1) is 0 Å². The number of piperidine rings is 1. The second-order valence-electron chi connectivity index (χ2n) is 9.45. The minimum atomic E-state index is -0.706. The minimum absolute atomic E-state index is 0.0992. The summed E-state index contributed by atoms with van der Waals surface area (Å²) in [5.74, 6) is -0.404. The quantitative estimate of drug-likeness (QED) is 0.256. The van der Waals surface area contributed by atoms with E-state index in [0.717, 1.165) is 38.8 Å². The molecule has 37 heavy (non-hydrogen) atoms. The first-order valence-corrected chi connectivity index (χ1v) is 12.7. The highest BCUT2D eigenvalue weighted by atomic mass is 16.5. The highest BCUT2D eigenvalue weighted by Crippen LogP contribution is 2.23. The van der Waals surface area contributed by atoms with Gasteiger partial charge in [0.05, 0.1) is 18.4 Å². The molecule has 0 saturated carbocycles. The molecule has 3 rings (SSSR count). The molecule has 0 bridgehead atoms. The van der Waals surface area contributed by atoms with E-state index in [2.05, 4.69) is 26.0 Å². The van der Waals surface area contributed by atoms with Crippen LogP contribution in [0, 0.1) is 11.3 Å². The number of rotatable bonds is 5. The molecule has 1 atom stereocenters. The predicted molar refractivity (Wildman–Crippen MR) is 139 cm³/mol. The van der Waals surface area contributed by atoms with Gasteiger partial charge < -0.3 is 31.3 Å². The number of carbonyl (C=O) groups is 4. The molecule has 0 aliphatic carbocycles. The van der Waals surface area contributed by atoms with E-state index in [1.165, 1.54) is 25.3 Å². The molecule has 12 heteroatoms. The largest absolute Gasteiger partial charge is 0.453 e. The van der Waals surface area contributed by atoms with Crippen molar-refractivity contribution in [3.05, 3.63) is 23.8 Å². The first kappa shape index (κ1) is 27.8. The van der Waals surface area contributed by atoms with E-state index in [1.54, 1.807) is 0 Å². The summed E-state index contributed by atoms with van der Waals surface area (Å²) in [7, 11) is 1.24. The number of hydrogen-bond acceptors (Lipinski definition) is 6. The molecule has 2 heterocycles. The molecule has 0 spiro atoms. The second kappa shape index (κ2) is 13.5. The van der Waals surface area contributed by atoms with Crippen LogP contribution in [-0.4, -0.2) is 67.5 Å². The van der Waals surface area contributed by atoms with Gasteiger partial charge in [0.15, 0.2) is 5.96 Å². The van der Waals surface area contributed by atoms with Crippen molar-refractivity contribution in [3.63, 3.8) is 0 Å². The number of methoxy groups -OCH3 is 1. The molecule has 1 fully saturated rings. The molecule has 0 aromatic heterocycles. The Morgan fingerprint density at radius 1 is 1.16 bits per heavy atom. The summed E-state index contributed by atoms with van der Waals surface area (Å²) in [4.78, 5) is 52.0. The van der Waals surface area contributed by atoms with Gasteiger partial charge in [0, 0.05) is 31.7 Å². The summed E-state index contributed by atoms with van der Waals surface area (Å²) in [5.41, 5.74) is 6.35. The summed E-state index contributed by atoms with van der Waals surface area (Å²) in [5, 5.41) is 18.6. The van der Waals surface area contributed by atoms with Crippen LogP contribution in [0.4, 0.5) is 16.2 Å². The topological polar surface area (TPSA) is 179 Å². The molecule has 1 saturated heterocycles. The SMILES string of the molecule is COC(=O)Nc1ccc2c(c1)NC(=O)CCCCCC(C(=O)NCCC1CCN(C(=N)N)CC1)NC2=O. The number of nitrogens with zero attached hydrogens (tertiary/aromatic N) is 1. The van der Waals surface area contributed by atoms with Crippen LogP contribution < -0.4 is 27.0 Å². The average Bonchev–Trinajstić information content (AvgIpc) is 2.87. The van der Waals surface area contributed by atoms with E-state index < -0.39 is 18.0 Å². The van der Waals surface area contributed by atoms with E-state index in [0.29, 0.717) is 37.4 Å². The molecule has 0 radical (unpaired) electrons. The number of benzene rings is 1. The van der Waals surface area contributed by atoms with E-state index in [9.17, 15) is 19.2 Å². The zero-order chi connectivity index (χ0) is 26.8. The fraction of sp³-hybridized carbons (Fsp3) is 0.560. The van der Waals surface area contributed by atoms with Crippen LogP contribution in [-0.2, 0) is 14.3 Å². The summed E-state index contributed by atoms with van der Waals surface area (Å²) in [6, 6.07) is 3.80. The highest BCUT2D eigenvalue weighted by Gasteiger charge is 2.25. The van der Waals surface area contributed by atoms with Gasteiger partial charge in [-0.2, -0.15) is 0 Å². The van der Waals surface area contributed by atoms with E-state index in [4.69, 9.17) is 11.1 Å². The first-order chi connectivity index (χ1) is 17.8. The van der Waals surface area contributed by atoms with Crippen LogP contribution in [0.5, 0.6) is 0 Å². The maximum atomic E-state index is 13.2. The van der Waals surface area contributed by atoms with Gasteiger partial charge in [-0.3, -0.25) is 25.1 Å². The lowest BCUT2D eigenvalue weighted by molar-refractivity contribution is -0.123. The molecule has 2 aliphatic rings. The third-order valence-corrected chi connectivity index (χ3v) is 6.80. The Morgan fingerprint density at radius 2 is 1.92 bits per heavy atom. The predicted octanol–water partition coefficient (Wildman–Crippen LogP) is 1.98. The van der Waals surface area contributed by atoms with Gasteiger partial charge in [-0.05, 0) is 56.2 Å². The number of ether oxygens (including phenoxy) is 1. The zero-order valence-corrected chi connectivity index (χ0v) is 21.2. The van der Waals surface area contributed by atoms with Gasteiger partial charge in [-0.1, -0.05) is 12.8 Å². The van der Waals surface area contributed by atoms with Crippen molar-refractivity contribution in [3.8, 4) is 0 Å². The number of carbonyl (C=O) groups excluding carboxylic acids is 4. The molecule has 7 N–H and O–H groups in total. The van der Waals surface area contributed by atoms with Crippen molar-refractivity contribution in [2.75, 3.05) is 37.4 Å². The van der Waals surface area contributed by atoms with Gasteiger partial charge in [-0.25, -0.2) is 4.79 Å². The number of nitrogens with one attached hydrogen (secondary N) is 5. The van der Waals surface area contributed by atoms with Crippen LogP contribution in [0.1, 0.15) is 61.7 Å². The number of hydrogen-bond donors (Lipinski definition) is 6. The molecular weight excluding hydrogens is 478 g/mol. The molecule has 2 aliphatic heterocycles. The van der Waals surface area contributed by atoms with Crippen molar-refractivity contribution in [1.82, 2.24) is 15.5 Å². The molecule has 4 amide bonds. The molecule has 12 nitrogen and oxygen atoms in total. The number of anilines is 2. The standard InChI is InChI=1S/C25H37N7O5/c1-37-25(36)29-17-7-8-18-20(15-17)30-21(33)6-4-2-3-5-19(31-22(18)34)23(35)28-12-9-16-10-13-32(14-11-16)24(26)27/h7-8,15-16,19H,2-6,9-14H2,1H3,(H3,26,27)(H,28,35)(H,29,36)(H,30,33)(H,31,34). The lowest BCUT2D eigenvalue weighted by atomic mass is 9.93. The Bertz CT molecular complexity index is 1010. The van der Waals surface area contributed by atoms with Gasteiger partial charge >= 0.3 is 6.09 Å². The van der Waals surface area contributed by atoms with Crippen molar-refractivity contribution in [2.24, 2.45) is 11.7 Å². The molecular formula is C25H37N7O5. The van der Waals surface area contributed by atoms with Crippen molar-refractivity contribution in [1.29, 1.82) is 5.41 Å². The molecule has 1 aromatic rings. The third kappa shape index (κ3) is 8.36. The number of likely N-dealkylation sites (tertiary alicyclic amines) is 1. The van der Waals surface area contributed by atoms with Gasteiger partial charge in [0.1, 0.15) is 6.04 Å². The third-order valence-electron chi connectivity index (χ3n) is 6.80. The Morgan fingerprint density at radius 3 is 2.62 bits per heavy atom. The van der Waals surface area contributed by atoms with Crippen LogP contribution in [0.3, 0.4) is 0 Å². The van der Waals surface area contributed by atoms with E-state index >= 15 is 0 Å². The summed E-state index contributed by atoms with van der Waals surface area (Å²) in [6.45, 7) is 2.00. The summed E-state index contributed by atoms with van der Waals surface area (Å²) in [6.07, 6.45) is 4.84. The second-order valence-corrected chi connectivity index (χ2v) is 9.45. The van der Waals surface area contributed by atoms with Crippen LogP contribution in [0.2, 0.25) is 0 Å². The Hall–Kier alpha value is -3.83. The molecule has 202 valence electrons. The average molecular weight is 516 g/mol. The summed E-state index contributed by atoms with van der Waals surface area (Å²) >= 11 is 0. The minimum Gasteiger partial charge on any atom is -0.453 e. The van der Waals surface area contributed by atoms with E-state index in [1.807, 2.05) is 4.90 Å². The maximum Gasteiger partial charge on any atom is 0.411 e. The molecule has 1 aromatic carbocycles. The Balaban J connectivity index is 1.64. The Labute approximate surface area is 216 Å². The normalized spacial score (nSPS) is 19.3. The van der Waals surface area contributed by atoms with Crippen LogP contribution in [0.15, 0.2) is 18.2 Å². The Kier molecular flexibility index (Phi) is 10.1. The lowest BCUT2D eigenvalue weighted by Gasteiger charge is -2.32. The lowest BCUT2D eigenvalue weighted by Crippen LogP contribution is -2.47. The number of nitrogens with two attached hydrogens (primary N) is 1. The number of guanidine groups is 1. The monoisotopic (exact) mass is 515 g/mol. The maximum absolute atomic E-state index is 13.2. The highest BCUT2D eigenvalue weighted by molar-refractivity contribution is 6.06. The van der Waals surface area contributed by atoms with Gasteiger partial charge in [0.25, 0.3) is 5.91 Å². The fourth-order valence-electron chi connectivity index (χ4n) is 4.61. The van der Waals surface area contributed by atoms with Crippen LogP contribution >= 0.6 is 0 Å². The molecule has 1 unspecified atom stereocenters. The number of fused-ring (bicyclic) bond motifs is 1.